The van der Waals surface area contributed by atoms with Crippen LogP contribution in [0.3, 0.4) is 0 Å². The van der Waals surface area contributed by atoms with Crippen molar-refractivity contribution in [1.82, 2.24) is 14.5 Å². The third kappa shape index (κ3) is 13.1. The summed E-state index contributed by atoms with van der Waals surface area (Å²) in [5, 5.41) is 3.35. The van der Waals surface area contributed by atoms with Gasteiger partial charge in [-0.25, -0.2) is 14.8 Å². The van der Waals surface area contributed by atoms with Gasteiger partial charge in [-0.1, -0.05) is 32.3 Å². The summed E-state index contributed by atoms with van der Waals surface area (Å²) in [5.74, 6) is 0.419. The Morgan fingerprint density at radius 2 is 1.69 bits per heavy atom. The van der Waals surface area contributed by atoms with Crippen LogP contribution in [0.25, 0.3) is 11.0 Å². The molecule has 2 aromatic heterocycles. The summed E-state index contributed by atoms with van der Waals surface area (Å²) in [7, 11) is -1.75. The molecule has 0 saturated carbocycles. The number of amides is 2. The Morgan fingerprint density at radius 3 is 2.33 bits per heavy atom. The van der Waals surface area contributed by atoms with Gasteiger partial charge in [-0.3, -0.25) is 19.0 Å². The summed E-state index contributed by atoms with van der Waals surface area (Å²) < 4.78 is 39.1. The van der Waals surface area contributed by atoms with E-state index in [0.29, 0.717) is 35.6 Å². The van der Waals surface area contributed by atoms with Crippen molar-refractivity contribution >= 4 is 56.5 Å². The number of unbranched alkanes of at least 4 members (excludes halogenated alkanes) is 3. The molecule has 0 radical (unpaired) electrons. The third-order valence-electron chi connectivity index (χ3n) is 7.67. The first-order chi connectivity index (χ1) is 24.9. The second kappa shape index (κ2) is 20.5. The lowest BCUT2D eigenvalue weighted by atomic mass is 10.1. The van der Waals surface area contributed by atoms with Gasteiger partial charge in [-0.05, 0) is 74.9 Å². The number of anilines is 2. The Hall–Kier alpha value is -5.35. The number of nitrogens with zero attached hydrogens (tertiary/aromatic N) is 5. The van der Waals surface area contributed by atoms with Gasteiger partial charge in [0, 0.05) is 36.6 Å². The van der Waals surface area contributed by atoms with E-state index in [-0.39, 0.29) is 43.0 Å². The summed E-state index contributed by atoms with van der Waals surface area (Å²) in [4.78, 5) is 52.0. The maximum atomic E-state index is 13.6. The number of pyridine rings is 1. The van der Waals surface area contributed by atoms with Crippen LogP contribution in [0.2, 0.25) is 0 Å². The molecule has 16 heteroatoms. The number of esters is 1. The number of benzene rings is 2. The van der Waals surface area contributed by atoms with Gasteiger partial charge in [-0.2, -0.15) is 13.4 Å². The zero-order valence-corrected chi connectivity index (χ0v) is 30.8. The molecule has 4 N–H and O–H groups in total. The molecule has 2 amide bonds. The molecule has 0 saturated heterocycles. The molecule has 0 unspecified atom stereocenters. The van der Waals surface area contributed by atoms with Gasteiger partial charge in [0.05, 0.1) is 43.0 Å². The van der Waals surface area contributed by atoms with Crippen LogP contribution in [0, 0.1) is 0 Å². The number of amidine groups is 1. The van der Waals surface area contributed by atoms with Crippen molar-refractivity contribution in [3.8, 4) is 0 Å². The number of fused-ring (bicyclic) bond motifs is 1. The molecule has 0 aliphatic carbocycles. The van der Waals surface area contributed by atoms with Gasteiger partial charge in [0.2, 0.25) is 0 Å². The first-order valence-electron chi connectivity index (χ1n) is 17.0. The van der Waals surface area contributed by atoms with Gasteiger partial charge in [0.25, 0.3) is 16.0 Å². The van der Waals surface area contributed by atoms with E-state index in [9.17, 15) is 22.8 Å². The molecule has 0 fully saturated rings. The average Bonchev–Trinajstić information content (AvgIpc) is 3.45. The molecule has 52 heavy (non-hydrogen) atoms. The molecule has 4 aromatic rings. The fourth-order valence-electron chi connectivity index (χ4n) is 4.79. The number of aromatic nitrogens is 3. The second-order valence-electron chi connectivity index (χ2n) is 11.5. The van der Waals surface area contributed by atoms with E-state index in [0.717, 1.165) is 42.7 Å². The first kappa shape index (κ1) is 41.1. The van der Waals surface area contributed by atoms with Crippen LogP contribution < -0.4 is 16.0 Å². The zero-order valence-electron chi connectivity index (χ0n) is 29.9. The van der Waals surface area contributed by atoms with Crippen LogP contribution in [0.1, 0.15) is 74.6 Å². The zero-order chi connectivity index (χ0) is 38.1. The van der Waals surface area contributed by atoms with E-state index < -0.39 is 16.2 Å². The van der Waals surface area contributed by atoms with E-state index in [1.807, 2.05) is 29.8 Å². The Labute approximate surface area is 304 Å². The highest BCUT2D eigenvalue weighted by atomic mass is 32.2. The van der Waals surface area contributed by atoms with Gasteiger partial charge in [0.1, 0.15) is 17.5 Å². The van der Waals surface area contributed by atoms with E-state index in [4.69, 9.17) is 24.7 Å². The smallest absolute Gasteiger partial charge is 0.435 e. The summed E-state index contributed by atoms with van der Waals surface area (Å²) >= 11 is 0. The van der Waals surface area contributed by atoms with Crippen molar-refractivity contribution in [1.29, 1.82) is 0 Å². The molecule has 0 aliphatic rings. The molecule has 0 spiro atoms. The molecule has 4 rings (SSSR count). The Bertz CT molecular complexity index is 1910. The number of imidazole rings is 1. The van der Waals surface area contributed by atoms with Gasteiger partial charge >= 0.3 is 12.1 Å². The SMILES string of the molecule is CCCCCCOC(=O)/N=C(/N)c1ccc(NCc2nc3cc(C(=O)N(CCC(=O)OCC)c4ccccn4)ccc3n2C)cc1.CCS(=O)(=O)O. The van der Waals surface area contributed by atoms with Crippen molar-refractivity contribution in [3.05, 3.63) is 83.8 Å². The minimum Gasteiger partial charge on any atom is -0.466 e. The summed E-state index contributed by atoms with van der Waals surface area (Å²) in [5.41, 5.74) is 9.40. The second-order valence-corrected chi connectivity index (χ2v) is 13.2. The highest BCUT2D eigenvalue weighted by molar-refractivity contribution is 7.85. The van der Waals surface area contributed by atoms with E-state index in [1.165, 1.54) is 11.8 Å². The highest BCUT2D eigenvalue weighted by Gasteiger charge is 2.21. The van der Waals surface area contributed by atoms with Crippen molar-refractivity contribution in [2.45, 2.75) is 59.4 Å². The lowest BCUT2D eigenvalue weighted by Crippen LogP contribution is -2.34. The first-order valence-corrected chi connectivity index (χ1v) is 18.6. The van der Waals surface area contributed by atoms with Crippen LogP contribution in [0.5, 0.6) is 0 Å². The number of ether oxygens (including phenoxy) is 2. The lowest BCUT2D eigenvalue weighted by Gasteiger charge is -2.21. The molecule has 0 bridgehead atoms. The molecular formula is C36H47N7O8S. The maximum absolute atomic E-state index is 13.6. The van der Waals surface area contributed by atoms with Gasteiger partial charge in [-0.15, -0.1) is 0 Å². The number of aryl methyl sites for hydroxylation is 1. The monoisotopic (exact) mass is 737 g/mol. The summed E-state index contributed by atoms with van der Waals surface area (Å²) in [6, 6.07) is 17.9. The lowest BCUT2D eigenvalue weighted by molar-refractivity contribution is -0.142. The number of hydrogen-bond acceptors (Lipinski definition) is 10. The van der Waals surface area contributed by atoms with E-state index >= 15 is 0 Å². The molecular weight excluding hydrogens is 691 g/mol. The standard InChI is InChI=1S/C34H41N7O5.C2H6O3S/c1-4-6-7-10-21-46-34(44)39-32(35)24-12-15-26(16-13-24)37-23-30-38-27-22-25(14-17-28(27)40(30)3)33(43)41(20-18-31(42)45-5-2)29-11-8-9-19-36-29;1-2-6(3,4)5/h8-9,11-17,19,22,37H,4-7,10,18,20-21,23H2,1-3H3,(H2,35,39,44);2H2,1H3,(H,3,4,5). The predicted molar refractivity (Wildman–Crippen MR) is 200 cm³/mol. The molecule has 0 aliphatic heterocycles. The minimum atomic E-state index is -3.66. The van der Waals surface area contributed by atoms with Crippen LogP contribution >= 0.6 is 0 Å². The summed E-state index contributed by atoms with van der Waals surface area (Å²) in [6.45, 7) is 6.39. The van der Waals surface area contributed by atoms with Crippen molar-refractivity contribution in [2.24, 2.45) is 17.8 Å². The molecule has 2 aromatic carbocycles. The average molecular weight is 738 g/mol. The highest BCUT2D eigenvalue weighted by Crippen LogP contribution is 2.21. The number of aliphatic imine (C=N–C) groups is 1. The van der Waals surface area contributed by atoms with Crippen LogP contribution in [-0.2, 0) is 38.0 Å². The molecule has 2 heterocycles. The number of carbonyl (C=O) groups excluding carboxylic acids is 3. The topological polar surface area (TPSA) is 208 Å². The van der Waals surface area contributed by atoms with Crippen molar-refractivity contribution < 1.29 is 36.8 Å². The largest absolute Gasteiger partial charge is 0.466 e. The fourth-order valence-corrected chi connectivity index (χ4v) is 4.79. The number of nitrogens with one attached hydrogen (secondary N) is 1. The van der Waals surface area contributed by atoms with Crippen LogP contribution in [0.4, 0.5) is 16.3 Å². The van der Waals surface area contributed by atoms with Crippen molar-refractivity contribution in [2.75, 3.05) is 35.7 Å². The normalized spacial score (nSPS) is 11.4. The number of carbonyl (C=O) groups is 3. The molecule has 280 valence electrons. The van der Waals surface area contributed by atoms with Crippen LogP contribution in [-0.4, -0.2) is 76.8 Å². The summed E-state index contributed by atoms with van der Waals surface area (Å²) in [6.07, 6.45) is 4.99. The number of hydrogen-bond donors (Lipinski definition) is 3. The minimum absolute atomic E-state index is 0.0455. The Morgan fingerprint density at radius 1 is 0.981 bits per heavy atom. The van der Waals surface area contributed by atoms with Gasteiger partial charge < -0.3 is 25.1 Å². The number of rotatable bonds is 16. The number of nitrogens with two attached hydrogens (primary N) is 1. The third-order valence-corrected chi connectivity index (χ3v) is 8.40. The van der Waals surface area contributed by atoms with E-state index in [2.05, 4.69) is 22.2 Å². The Kier molecular flexibility index (Phi) is 16.2. The maximum Gasteiger partial charge on any atom is 0.435 e. The predicted octanol–water partition coefficient (Wildman–Crippen LogP) is 5.50. The Balaban J connectivity index is 0.00000112. The fraction of sp³-hybridized carbons (Fsp3) is 0.389. The quantitative estimate of drug-likeness (QED) is 0.0428. The molecule has 0 atom stereocenters. The van der Waals surface area contributed by atoms with Gasteiger partial charge in [0.15, 0.2) is 0 Å². The van der Waals surface area contributed by atoms with Crippen molar-refractivity contribution in [3.63, 3.8) is 0 Å². The van der Waals surface area contributed by atoms with E-state index in [1.54, 1.807) is 55.6 Å². The molecule has 15 nitrogen and oxygen atoms in total. The van der Waals surface area contributed by atoms with Crippen LogP contribution in [0.15, 0.2) is 71.9 Å².